The number of rotatable bonds is 3. The Labute approximate surface area is 73.8 Å². The Morgan fingerprint density at radius 1 is 1.17 bits per heavy atom. The second kappa shape index (κ2) is 4.24. The topological polar surface area (TPSA) is 38.0 Å². The normalized spacial score (nSPS) is 13.3. The van der Waals surface area contributed by atoms with Gasteiger partial charge < -0.3 is 5.73 Å². The van der Waals surface area contributed by atoms with Crippen molar-refractivity contribution in [2.45, 2.75) is 26.1 Å². The molecule has 0 amide bonds. The minimum absolute atomic E-state index is 0.0498. The first-order valence-corrected chi connectivity index (χ1v) is 4.26. The average molecular weight is 164 g/mol. The van der Waals surface area contributed by atoms with Gasteiger partial charge in [0.25, 0.3) is 0 Å². The van der Waals surface area contributed by atoms with Gasteiger partial charge >= 0.3 is 0 Å². The van der Waals surface area contributed by atoms with Crippen molar-refractivity contribution in [1.29, 1.82) is 0 Å². The van der Waals surface area contributed by atoms with Gasteiger partial charge in [0, 0.05) is 6.04 Å². The van der Waals surface area contributed by atoms with E-state index in [-0.39, 0.29) is 6.17 Å². The third-order valence-corrected chi connectivity index (χ3v) is 1.67. The molecule has 1 aromatic carbocycles. The summed E-state index contributed by atoms with van der Waals surface area (Å²) in [5, 5.41) is 3.24. The van der Waals surface area contributed by atoms with Gasteiger partial charge in [-0.05, 0) is 19.4 Å². The summed E-state index contributed by atoms with van der Waals surface area (Å²) in [6, 6.07) is 10.5. The zero-order chi connectivity index (χ0) is 8.97. The lowest BCUT2D eigenvalue weighted by molar-refractivity contribution is 0.490. The molecular weight excluding hydrogens is 148 g/mol. The van der Waals surface area contributed by atoms with E-state index in [1.807, 2.05) is 30.3 Å². The summed E-state index contributed by atoms with van der Waals surface area (Å²) in [6.45, 7) is 4.17. The van der Waals surface area contributed by atoms with E-state index in [9.17, 15) is 0 Å². The van der Waals surface area contributed by atoms with Crippen molar-refractivity contribution in [3.63, 3.8) is 0 Å². The Morgan fingerprint density at radius 3 is 2.25 bits per heavy atom. The van der Waals surface area contributed by atoms with Crippen LogP contribution in [0, 0.1) is 0 Å². The molecule has 0 fully saturated rings. The summed E-state index contributed by atoms with van der Waals surface area (Å²) in [5.41, 5.74) is 7.02. The number of nitrogens with one attached hydrogen (secondary N) is 1. The molecule has 0 aromatic heterocycles. The van der Waals surface area contributed by atoms with Crippen molar-refractivity contribution in [3.8, 4) is 0 Å². The SMILES string of the molecule is CC(C)NC(N)c1ccccc1. The van der Waals surface area contributed by atoms with E-state index in [1.165, 1.54) is 0 Å². The Morgan fingerprint density at radius 2 is 1.75 bits per heavy atom. The smallest absolute Gasteiger partial charge is 0.0812 e. The van der Waals surface area contributed by atoms with Gasteiger partial charge in [0.05, 0.1) is 6.17 Å². The molecule has 0 aliphatic heterocycles. The summed E-state index contributed by atoms with van der Waals surface area (Å²) >= 11 is 0. The zero-order valence-electron chi connectivity index (χ0n) is 7.62. The Hall–Kier alpha value is -0.860. The lowest BCUT2D eigenvalue weighted by Gasteiger charge is -2.16. The molecular formula is C10H16N2. The highest BCUT2D eigenvalue weighted by atomic mass is 15.0. The molecule has 2 heteroatoms. The van der Waals surface area contributed by atoms with Crippen LogP contribution in [-0.2, 0) is 0 Å². The van der Waals surface area contributed by atoms with Gasteiger partial charge in [-0.1, -0.05) is 30.3 Å². The van der Waals surface area contributed by atoms with E-state index in [0.717, 1.165) is 5.56 Å². The molecule has 3 N–H and O–H groups in total. The van der Waals surface area contributed by atoms with E-state index in [2.05, 4.69) is 19.2 Å². The van der Waals surface area contributed by atoms with Crippen molar-refractivity contribution < 1.29 is 0 Å². The van der Waals surface area contributed by atoms with Crippen LogP contribution >= 0.6 is 0 Å². The third-order valence-electron chi connectivity index (χ3n) is 1.67. The summed E-state index contributed by atoms with van der Waals surface area (Å²) in [6.07, 6.45) is -0.0498. The summed E-state index contributed by atoms with van der Waals surface area (Å²) in [7, 11) is 0. The largest absolute Gasteiger partial charge is 0.312 e. The highest BCUT2D eigenvalue weighted by Gasteiger charge is 2.04. The molecule has 12 heavy (non-hydrogen) atoms. The van der Waals surface area contributed by atoms with Crippen LogP contribution < -0.4 is 11.1 Å². The molecule has 0 radical (unpaired) electrons. The molecule has 1 atom stereocenters. The molecule has 0 aliphatic rings. The van der Waals surface area contributed by atoms with Crippen molar-refractivity contribution in [2.75, 3.05) is 0 Å². The van der Waals surface area contributed by atoms with Gasteiger partial charge in [-0.15, -0.1) is 0 Å². The quantitative estimate of drug-likeness (QED) is 0.666. The molecule has 1 rings (SSSR count). The van der Waals surface area contributed by atoms with Crippen LogP contribution in [0.25, 0.3) is 0 Å². The standard InChI is InChI=1S/C10H16N2/c1-8(2)12-10(11)9-6-4-3-5-7-9/h3-8,10,12H,11H2,1-2H3. The van der Waals surface area contributed by atoms with Crippen LogP contribution in [0.1, 0.15) is 25.6 Å². The van der Waals surface area contributed by atoms with Crippen LogP contribution in [-0.4, -0.2) is 6.04 Å². The lowest BCUT2D eigenvalue weighted by Crippen LogP contribution is -2.33. The minimum atomic E-state index is -0.0498. The molecule has 0 bridgehead atoms. The minimum Gasteiger partial charge on any atom is -0.312 e. The number of benzene rings is 1. The average Bonchev–Trinajstić information content (AvgIpc) is 2.05. The first-order valence-electron chi connectivity index (χ1n) is 4.26. The van der Waals surface area contributed by atoms with Crippen LogP contribution in [0.4, 0.5) is 0 Å². The predicted molar refractivity (Wildman–Crippen MR) is 51.6 cm³/mol. The van der Waals surface area contributed by atoms with Crippen LogP contribution in [0.2, 0.25) is 0 Å². The van der Waals surface area contributed by atoms with Gasteiger partial charge in [0.15, 0.2) is 0 Å². The zero-order valence-corrected chi connectivity index (χ0v) is 7.62. The second-order valence-electron chi connectivity index (χ2n) is 3.21. The van der Waals surface area contributed by atoms with E-state index >= 15 is 0 Å². The molecule has 0 saturated heterocycles. The first-order chi connectivity index (χ1) is 5.70. The van der Waals surface area contributed by atoms with Crippen LogP contribution in [0.3, 0.4) is 0 Å². The maximum atomic E-state index is 5.88. The van der Waals surface area contributed by atoms with E-state index in [4.69, 9.17) is 5.73 Å². The summed E-state index contributed by atoms with van der Waals surface area (Å²) < 4.78 is 0. The molecule has 66 valence electrons. The van der Waals surface area contributed by atoms with Crippen LogP contribution in [0.5, 0.6) is 0 Å². The molecule has 1 unspecified atom stereocenters. The first kappa shape index (κ1) is 9.23. The molecule has 0 spiro atoms. The van der Waals surface area contributed by atoms with Crippen molar-refractivity contribution in [3.05, 3.63) is 35.9 Å². The van der Waals surface area contributed by atoms with E-state index in [0.29, 0.717) is 6.04 Å². The Bertz CT molecular complexity index is 219. The summed E-state index contributed by atoms with van der Waals surface area (Å²) in [4.78, 5) is 0. The van der Waals surface area contributed by atoms with Crippen LogP contribution in [0.15, 0.2) is 30.3 Å². The van der Waals surface area contributed by atoms with E-state index < -0.39 is 0 Å². The maximum absolute atomic E-state index is 5.88. The monoisotopic (exact) mass is 164 g/mol. The number of nitrogens with two attached hydrogens (primary N) is 1. The number of hydrogen-bond acceptors (Lipinski definition) is 2. The second-order valence-corrected chi connectivity index (χ2v) is 3.21. The molecule has 0 heterocycles. The van der Waals surface area contributed by atoms with Crippen molar-refractivity contribution in [2.24, 2.45) is 5.73 Å². The van der Waals surface area contributed by atoms with Crippen molar-refractivity contribution >= 4 is 0 Å². The fourth-order valence-corrected chi connectivity index (χ4v) is 1.12. The lowest BCUT2D eigenvalue weighted by atomic mass is 10.1. The summed E-state index contributed by atoms with van der Waals surface area (Å²) in [5.74, 6) is 0. The van der Waals surface area contributed by atoms with Gasteiger partial charge in [0.2, 0.25) is 0 Å². The Kier molecular flexibility index (Phi) is 3.26. The molecule has 2 nitrogen and oxygen atoms in total. The predicted octanol–water partition coefficient (Wildman–Crippen LogP) is 1.64. The van der Waals surface area contributed by atoms with Gasteiger partial charge in [-0.2, -0.15) is 0 Å². The van der Waals surface area contributed by atoms with Gasteiger partial charge in [0.1, 0.15) is 0 Å². The fourth-order valence-electron chi connectivity index (χ4n) is 1.12. The van der Waals surface area contributed by atoms with Gasteiger partial charge in [-0.25, -0.2) is 0 Å². The van der Waals surface area contributed by atoms with E-state index in [1.54, 1.807) is 0 Å². The van der Waals surface area contributed by atoms with Gasteiger partial charge in [-0.3, -0.25) is 5.32 Å². The molecule has 1 aromatic rings. The number of hydrogen-bond donors (Lipinski definition) is 2. The Balaban J connectivity index is 2.59. The highest BCUT2D eigenvalue weighted by molar-refractivity contribution is 5.17. The third kappa shape index (κ3) is 2.64. The fraction of sp³-hybridized carbons (Fsp3) is 0.400. The molecule has 0 aliphatic carbocycles. The highest BCUT2D eigenvalue weighted by Crippen LogP contribution is 2.06. The molecule has 0 saturated carbocycles. The van der Waals surface area contributed by atoms with Crippen molar-refractivity contribution in [1.82, 2.24) is 5.32 Å². The maximum Gasteiger partial charge on any atom is 0.0812 e.